The van der Waals surface area contributed by atoms with E-state index in [9.17, 15) is 0 Å². The summed E-state index contributed by atoms with van der Waals surface area (Å²) in [5, 5.41) is 0. The van der Waals surface area contributed by atoms with Gasteiger partial charge >= 0.3 is 0 Å². The summed E-state index contributed by atoms with van der Waals surface area (Å²) in [4.78, 5) is 0. The van der Waals surface area contributed by atoms with Gasteiger partial charge in [0.05, 0.1) is 0 Å². The fourth-order valence-electron chi connectivity index (χ4n) is 2.14. The highest BCUT2D eigenvalue weighted by Crippen LogP contribution is 2.26. The highest BCUT2D eigenvalue weighted by Gasteiger charge is 2.14. The highest BCUT2D eigenvalue weighted by molar-refractivity contribution is 5.35. The third-order valence-electron chi connectivity index (χ3n) is 3.13. The fourth-order valence-corrected chi connectivity index (χ4v) is 2.14. The zero-order valence-corrected chi connectivity index (χ0v) is 10.4. The lowest BCUT2D eigenvalue weighted by Gasteiger charge is -2.20. The summed E-state index contributed by atoms with van der Waals surface area (Å²) < 4.78 is 0. The maximum atomic E-state index is 5.87. The van der Waals surface area contributed by atoms with E-state index in [2.05, 4.69) is 45.9 Å². The molecule has 0 radical (unpaired) electrons. The SMILES string of the molecule is Cc1cccc(C(CN)CC(C)C)c1C. The van der Waals surface area contributed by atoms with Gasteiger partial charge < -0.3 is 5.73 Å². The molecule has 1 atom stereocenters. The molecule has 0 heterocycles. The third-order valence-corrected chi connectivity index (χ3v) is 3.13. The van der Waals surface area contributed by atoms with Crippen LogP contribution in [0.2, 0.25) is 0 Å². The van der Waals surface area contributed by atoms with Crippen molar-refractivity contribution in [3.05, 3.63) is 34.9 Å². The molecule has 1 aromatic rings. The zero-order valence-electron chi connectivity index (χ0n) is 10.4. The molecule has 0 saturated carbocycles. The summed E-state index contributed by atoms with van der Waals surface area (Å²) in [5.74, 6) is 1.23. The second kappa shape index (κ2) is 5.32. The molecule has 0 fully saturated rings. The van der Waals surface area contributed by atoms with E-state index in [1.54, 1.807) is 0 Å². The minimum atomic E-state index is 0.518. The zero-order chi connectivity index (χ0) is 11.4. The molecule has 1 nitrogen and oxygen atoms in total. The second-order valence-corrected chi connectivity index (χ2v) is 4.85. The Kier molecular flexibility index (Phi) is 4.34. The Morgan fingerprint density at radius 2 is 1.87 bits per heavy atom. The van der Waals surface area contributed by atoms with Gasteiger partial charge in [-0.3, -0.25) is 0 Å². The lowest BCUT2D eigenvalue weighted by molar-refractivity contribution is 0.503. The normalized spacial score (nSPS) is 13.2. The lowest BCUT2D eigenvalue weighted by Crippen LogP contribution is -2.16. The van der Waals surface area contributed by atoms with Crippen LogP contribution in [0, 0.1) is 19.8 Å². The van der Waals surface area contributed by atoms with Gasteiger partial charge in [-0.05, 0) is 55.3 Å². The smallest absolute Gasteiger partial charge is 0.000803 e. The van der Waals surface area contributed by atoms with Crippen LogP contribution >= 0.6 is 0 Å². The van der Waals surface area contributed by atoms with Crippen molar-refractivity contribution in [2.75, 3.05) is 6.54 Å². The predicted octanol–water partition coefficient (Wildman–Crippen LogP) is 3.39. The number of rotatable bonds is 4. The first-order chi connectivity index (χ1) is 7.06. The number of nitrogens with two attached hydrogens (primary N) is 1. The predicted molar refractivity (Wildman–Crippen MR) is 67.2 cm³/mol. The first-order valence-electron chi connectivity index (χ1n) is 5.82. The molecule has 1 aromatic carbocycles. The van der Waals surface area contributed by atoms with E-state index in [4.69, 9.17) is 5.73 Å². The van der Waals surface area contributed by atoms with Crippen LogP contribution in [0.15, 0.2) is 18.2 Å². The molecule has 1 unspecified atom stereocenters. The number of benzene rings is 1. The molecule has 0 aliphatic carbocycles. The van der Waals surface area contributed by atoms with Gasteiger partial charge in [-0.1, -0.05) is 32.0 Å². The second-order valence-electron chi connectivity index (χ2n) is 4.85. The standard InChI is InChI=1S/C14H23N/c1-10(2)8-13(9-15)14-7-5-6-11(3)12(14)4/h5-7,10,13H,8-9,15H2,1-4H3. The monoisotopic (exact) mass is 205 g/mol. The first kappa shape index (κ1) is 12.3. The van der Waals surface area contributed by atoms with E-state index in [1.165, 1.54) is 23.1 Å². The maximum Gasteiger partial charge on any atom is -0.000803 e. The summed E-state index contributed by atoms with van der Waals surface area (Å²) in [5.41, 5.74) is 10.1. The largest absolute Gasteiger partial charge is 0.330 e. The average Bonchev–Trinajstić information content (AvgIpc) is 2.19. The van der Waals surface area contributed by atoms with Crippen LogP contribution < -0.4 is 5.73 Å². The molecule has 0 aromatic heterocycles. The Balaban J connectivity index is 2.96. The Labute approximate surface area is 93.7 Å². The summed E-state index contributed by atoms with van der Waals surface area (Å²) in [6, 6.07) is 6.53. The van der Waals surface area contributed by atoms with Crippen molar-refractivity contribution in [3.8, 4) is 0 Å². The lowest BCUT2D eigenvalue weighted by atomic mass is 9.86. The molecule has 15 heavy (non-hydrogen) atoms. The molecule has 0 amide bonds. The van der Waals surface area contributed by atoms with Crippen molar-refractivity contribution in [1.82, 2.24) is 0 Å². The number of hydrogen-bond donors (Lipinski definition) is 1. The molecular formula is C14H23N. The van der Waals surface area contributed by atoms with Gasteiger partial charge in [0.2, 0.25) is 0 Å². The van der Waals surface area contributed by atoms with E-state index in [1.807, 2.05) is 0 Å². The van der Waals surface area contributed by atoms with E-state index in [-0.39, 0.29) is 0 Å². The molecular weight excluding hydrogens is 182 g/mol. The van der Waals surface area contributed by atoms with Gasteiger partial charge in [0.1, 0.15) is 0 Å². The third kappa shape index (κ3) is 3.07. The van der Waals surface area contributed by atoms with Gasteiger partial charge in [-0.2, -0.15) is 0 Å². The van der Waals surface area contributed by atoms with Gasteiger partial charge in [0.25, 0.3) is 0 Å². The summed E-state index contributed by atoms with van der Waals surface area (Å²) in [7, 11) is 0. The van der Waals surface area contributed by atoms with Crippen molar-refractivity contribution in [2.24, 2.45) is 11.7 Å². The van der Waals surface area contributed by atoms with Crippen molar-refractivity contribution in [3.63, 3.8) is 0 Å². The van der Waals surface area contributed by atoms with Crippen molar-refractivity contribution < 1.29 is 0 Å². The summed E-state index contributed by atoms with van der Waals surface area (Å²) >= 11 is 0. The fraction of sp³-hybridized carbons (Fsp3) is 0.571. The molecule has 0 aliphatic heterocycles. The molecule has 0 aliphatic rings. The van der Waals surface area contributed by atoms with Crippen molar-refractivity contribution in [2.45, 2.75) is 40.0 Å². The van der Waals surface area contributed by atoms with Gasteiger partial charge in [-0.25, -0.2) is 0 Å². The molecule has 2 N–H and O–H groups in total. The quantitative estimate of drug-likeness (QED) is 0.801. The highest BCUT2D eigenvalue weighted by atomic mass is 14.5. The van der Waals surface area contributed by atoms with E-state index < -0.39 is 0 Å². The van der Waals surface area contributed by atoms with Crippen LogP contribution in [0.4, 0.5) is 0 Å². The van der Waals surface area contributed by atoms with Crippen LogP contribution in [0.1, 0.15) is 42.9 Å². The minimum Gasteiger partial charge on any atom is -0.330 e. The Hall–Kier alpha value is -0.820. The molecule has 0 saturated heterocycles. The van der Waals surface area contributed by atoms with E-state index >= 15 is 0 Å². The van der Waals surface area contributed by atoms with Crippen LogP contribution in [0.5, 0.6) is 0 Å². The van der Waals surface area contributed by atoms with Crippen molar-refractivity contribution >= 4 is 0 Å². The van der Waals surface area contributed by atoms with Crippen molar-refractivity contribution in [1.29, 1.82) is 0 Å². The number of hydrogen-bond acceptors (Lipinski definition) is 1. The molecule has 1 rings (SSSR count). The Morgan fingerprint density at radius 1 is 1.20 bits per heavy atom. The average molecular weight is 205 g/mol. The molecule has 0 bridgehead atoms. The van der Waals surface area contributed by atoms with Crippen LogP contribution in [0.3, 0.4) is 0 Å². The maximum absolute atomic E-state index is 5.87. The summed E-state index contributed by atoms with van der Waals surface area (Å²) in [6.45, 7) is 9.64. The van der Waals surface area contributed by atoms with Gasteiger partial charge in [-0.15, -0.1) is 0 Å². The van der Waals surface area contributed by atoms with E-state index in [0.29, 0.717) is 11.8 Å². The minimum absolute atomic E-state index is 0.518. The Bertz CT molecular complexity index is 315. The Morgan fingerprint density at radius 3 is 2.40 bits per heavy atom. The van der Waals surface area contributed by atoms with Gasteiger partial charge in [0.15, 0.2) is 0 Å². The topological polar surface area (TPSA) is 26.0 Å². The van der Waals surface area contributed by atoms with E-state index in [0.717, 1.165) is 6.54 Å². The van der Waals surface area contributed by atoms with Gasteiger partial charge in [0, 0.05) is 0 Å². The van der Waals surface area contributed by atoms with Crippen LogP contribution in [0.25, 0.3) is 0 Å². The number of aryl methyl sites for hydroxylation is 1. The van der Waals surface area contributed by atoms with Crippen LogP contribution in [-0.4, -0.2) is 6.54 Å². The summed E-state index contributed by atoms with van der Waals surface area (Å²) in [6.07, 6.45) is 1.18. The molecule has 1 heteroatoms. The molecule has 84 valence electrons. The molecule has 0 spiro atoms. The first-order valence-corrected chi connectivity index (χ1v) is 5.82. The van der Waals surface area contributed by atoms with Crippen LogP contribution in [-0.2, 0) is 0 Å².